The third-order valence-corrected chi connectivity index (χ3v) is 2.61. The molecule has 0 aliphatic heterocycles. The SMILES string of the molecule is CCCCN(CCO)Cc1cccc(Cl)n1. The first-order chi connectivity index (χ1) is 7.76. The Hall–Kier alpha value is -0.640. The van der Waals surface area contributed by atoms with Gasteiger partial charge in [-0.3, -0.25) is 4.90 Å². The Bertz CT molecular complexity index is 307. The molecule has 0 unspecified atom stereocenters. The minimum atomic E-state index is 0.185. The standard InChI is InChI=1S/C12H19ClN2O/c1-2-3-7-15(8-9-16)10-11-5-4-6-12(13)14-11/h4-6,16H,2-3,7-10H2,1H3. The van der Waals surface area contributed by atoms with Gasteiger partial charge in [0.15, 0.2) is 0 Å². The highest BCUT2D eigenvalue weighted by Gasteiger charge is 2.05. The second-order valence-corrected chi connectivity index (χ2v) is 4.19. The number of aliphatic hydroxyl groups excluding tert-OH is 1. The maximum Gasteiger partial charge on any atom is 0.129 e. The largest absolute Gasteiger partial charge is 0.395 e. The molecule has 1 N–H and O–H groups in total. The van der Waals surface area contributed by atoms with Crippen LogP contribution < -0.4 is 0 Å². The van der Waals surface area contributed by atoms with E-state index in [9.17, 15) is 0 Å². The fraction of sp³-hybridized carbons (Fsp3) is 0.583. The molecule has 1 aromatic rings. The molecule has 1 rings (SSSR count). The summed E-state index contributed by atoms with van der Waals surface area (Å²) in [5, 5.41) is 9.51. The molecule has 0 atom stereocenters. The zero-order valence-corrected chi connectivity index (χ0v) is 10.5. The molecule has 0 spiro atoms. The Morgan fingerprint density at radius 1 is 1.38 bits per heavy atom. The highest BCUT2D eigenvalue weighted by atomic mass is 35.5. The molecule has 0 aromatic carbocycles. The van der Waals surface area contributed by atoms with Crippen molar-refractivity contribution < 1.29 is 5.11 Å². The summed E-state index contributed by atoms with van der Waals surface area (Å²) in [7, 11) is 0. The van der Waals surface area contributed by atoms with Crippen molar-refractivity contribution in [2.24, 2.45) is 0 Å². The average Bonchev–Trinajstić information content (AvgIpc) is 2.26. The van der Waals surface area contributed by atoms with Crippen molar-refractivity contribution in [2.45, 2.75) is 26.3 Å². The maximum absolute atomic E-state index is 8.98. The fourth-order valence-corrected chi connectivity index (χ4v) is 1.74. The van der Waals surface area contributed by atoms with E-state index in [1.54, 1.807) is 6.07 Å². The van der Waals surface area contributed by atoms with Crippen molar-refractivity contribution in [1.29, 1.82) is 0 Å². The van der Waals surface area contributed by atoms with Crippen LogP contribution in [0.4, 0.5) is 0 Å². The van der Waals surface area contributed by atoms with Crippen molar-refractivity contribution in [3.63, 3.8) is 0 Å². The average molecular weight is 243 g/mol. The second-order valence-electron chi connectivity index (χ2n) is 3.80. The predicted molar refractivity (Wildman–Crippen MR) is 66.5 cm³/mol. The second kappa shape index (κ2) is 7.60. The van der Waals surface area contributed by atoms with Gasteiger partial charge in [-0.2, -0.15) is 0 Å². The molecule has 90 valence electrons. The van der Waals surface area contributed by atoms with Crippen molar-refractivity contribution >= 4 is 11.6 Å². The van der Waals surface area contributed by atoms with E-state index in [0.717, 1.165) is 31.6 Å². The van der Waals surface area contributed by atoms with Gasteiger partial charge in [0.1, 0.15) is 5.15 Å². The number of aliphatic hydroxyl groups is 1. The molecule has 0 saturated heterocycles. The van der Waals surface area contributed by atoms with Crippen LogP contribution >= 0.6 is 11.6 Å². The van der Waals surface area contributed by atoms with Gasteiger partial charge in [0.05, 0.1) is 12.3 Å². The monoisotopic (exact) mass is 242 g/mol. The van der Waals surface area contributed by atoms with Gasteiger partial charge in [-0.05, 0) is 25.1 Å². The van der Waals surface area contributed by atoms with Crippen LogP contribution in [0.1, 0.15) is 25.5 Å². The fourth-order valence-electron chi connectivity index (χ4n) is 1.56. The van der Waals surface area contributed by atoms with E-state index in [-0.39, 0.29) is 6.61 Å². The summed E-state index contributed by atoms with van der Waals surface area (Å²) in [5.41, 5.74) is 0.956. The molecule has 0 aliphatic rings. The summed E-state index contributed by atoms with van der Waals surface area (Å²) in [6.07, 6.45) is 2.30. The maximum atomic E-state index is 8.98. The molecule has 4 heteroatoms. The third-order valence-electron chi connectivity index (χ3n) is 2.40. The lowest BCUT2D eigenvalue weighted by atomic mass is 10.3. The van der Waals surface area contributed by atoms with E-state index in [0.29, 0.717) is 11.7 Å². The summed E-state index contributed by atoms with van der Waals surface area (Å²) >= 11 is 5.83. The van der Waals surface area contributed by atoms with Gasteiger partial charge in [-0.1, -0.05) is 31.0 Å². The van der Waals surface area contributed by atoms with Crippen LogP contribution in [0.3, 0.4) is 0 Å². The summed E-state index contributed by atoms with van der Waals surface area (Å²) in [6, 6.07) is 5.64. The molecule has 3 nitrogen and oxygen atoms in total. The minimum Gasteiger partial charge on any atom is -0.395 e. The van der Waals surface area contributed by atoms with Gasteiger partial charge in [0.25, 0.3) is 0 Å². The molecule has 1 aromatic heterocycles. The summed E-state index contributed by atoms with van der Waals surface area (Å²) < 4.78 is 0. The molecule has 16 heavy (non-hydrogen) atoms. The van der Waals surface area contributed by atoms with Crippen LogP contribution in [0.25, 0.3) is 0 Å². The molecule has 0 radical (unpaired) electrons. The smallest absolute Gasteiger partial charge is 0.129 e. The van der Waals surface area contributed by atoms with E-state index >= 15 is 0 Å². The zero-order valence-electron chi connectivity index (χ0n) is 9.69. The Morgan fingerprint density at radius 2 is 2.19 bits per heavy atom. The van der Waals surface area contributed by atoms with Crippen molar-refractivity contribution in [3.8, 4) is 0 Å². The summed E-state index contributed by atoms with van der Waals surface area (Å²) in [4.78, 5) is 6.44. The van der Waals surface area contributed by atoms with E-state index in [1.165, 1.54) is 0 Å². The van der Waals surface area contributed by atoms with Crippen LogP contribution in [-0.4, -0.2) is 34.7 Å². The molecule has 0 amide bonds. The number of aromatic nitrogens is 1. The molecular formula is C12H19ClN2O. The van der Waals surface area contributed by atoms with Gasteiger partial charge >= 0.3 is 0 Å². The first kappa shape index (κ1) is 13.4. The Balaban J connectivity index is 2.52. The number of nitrogens with zero attached hydrogens (tertiary/aromatic N) is 2. The number of pyridine rings is 1. The Kier molecular flexibility index (Phi) is 6.38. The van der Waals surface area contributed by atoms with Gasteiger partial charge in [0, 0.05) is 13.1 Å². The van der Waals surface area contributed by atoms with Gasteiger partial charge in [0.2, 0.25) is 0 Å². The van der Waals surface area contributed by atoms with Crippen molar-refractivity contribution in [3.05, 3.63) is 29.0 Å². The highest BCUT2D eigenvalue weighted by Crippen LogP contribution is 2.08. The van der Waals surface area contributed by atoms with Gasteiger partial charge in [-0.15, -0.1) is 0 Å². The topological polar surface area (TPSA) is 36.4 Å². The zero-order chi connectivity index (χ0) is 11.8. The number of hydrogen-bond acceptors (Lipinski definition) is 3. The van der Waals surface area contributed by atoms with E-state index < -0.39 is 0 Å². The number of rotatable bonds is 7. The van der Waals surface area contributed by atoms with Gasteiger partial charge in [-0.25, -0.2) is 4.98 Å². The molecule has 0 bridgehead atoms. The van der Waals surface area contributed by atoms with Crippen LogP contribution in [-0.2, 0) is 6.54 Å². The summed E-state index contributed by atoms with van der Waals surface area (Å²) in [5.74, 6) is 0. The molecule has 0 saturated carbocycles. The lowest BCUT2D eigenvalue weighted by molar-refractivity contribution is 0.187. The van der Waals surface area contributed by atoms with Crippen LogP contribution in [0.15, 0.2) is 18.2 Å². The molecular weight excluding hydrogens is 224 g/mol. The van der Waals surface area contributed by atoms with Crippen LogP contribution in [0, 0.1) is 0 Å². The normalized spacial score (nSPS) is 11.0. The highest BCUT2D eigenvalue weighted by molar-refractivity contribution is 6.29. The quantitative estimate of drug-likeness (QED) is 0.746. The molecule has 0 fully saturated rings. The van der Waals surface area contributed by atoms with Crippen molar-refractivity contribution in [2.75, 3.05) is 19.7 Å². The molecule has 0 aliphatic carbocycles. The number of hydrogen-bond donors (Lipinski definition) is 1. The third kappa shape index (κ3) is 4.92. The predicted octanol–water partition coefficient (Wildman–Crippen LogP) is 2.33. The summed E-state index contributed by atoms with van der Waals surface area (Å²) in [6.45, 7) is 4.78. The molecule has 1 heterocycles. The van der Waals surface area contributed by atoms with E-state index in [1.807, 2.05) is 12.1 Å². The number of halogens is 1. The minimum absolute atomic E-state index is 0.185. The number of unbranched alkanes of at least 4 members (excludes halogenated alkanes) is 1. The Morgan fingerprint density at radius 3 is 2.81 bits per heavy atom. The Labute approximate surface area is 102 Å². The van der Waals surface area contributed by atoms with E-state index in [4.69, 9.17) is 16.7 Å². The lowest BCUT2D eigenvalue weighted by Crippen LogP contribution is -2.27. The van der Waals surface area contributed by atoms with Crippen molar-refractivity contribution in [1.82, 2.24) is 9.88 Å². The van der Waals surface area contributed by atoms with Crippen LogP contribution in [0.2, 0.25) is 5.15 Å². The first-order valence-electron chi connectivity index (χ1n) is 5.71. The lowest BCUT2D eigenvalue weighted by Gasteiger charge is -2.20. The van der Waals surface area contributed by atoms with Crippen LogP contribution in [0.5, 0.6) is 0 Å². The first-order valence-corrected chi connectivity index (χ1v) is 6.08. The van der Waals surface area contributed by atoms with Gasteiger partial charge < -0.3 is 5.11 Å². The van der Waals surface area contributed by atoms with E-state index in [2.05, 4.69) is 16.8 Å².